The van der Waals surface area contributed by atoms with Crippen molar-refractivity contribution in [3.8, 4) is 0 Å². The number of hydrogen-bond donors (Lipinski definition) is 1. The van der Waals surface area contributed by atoms with E-state index in [0.29, 0.717) is 6.61 Å². The molecule has 0 saturated carbocycles. The molecule has 0 aromatic heterocycles. The van der Waals surface area contributed by atoms with E-state index in [1.807, 2.05) is 6.92 Å². The third-order valence-corrected chi connectivity index (χ3v) is 4.28. The zero-order chi connectivity index (χ0) is 18.0. The number of esters is 1. The van der Waals surface area contributed by atoms with Crippen LogP contribution in [0.1, 0.15) is 104 Å². The van der Waals surface area contributed by atoms with Crippen LogP contribution in [0.4, 0.5) is 0 Å². The van der Waals surface area contributed by atoms with E-state index >= 15 is 0 Å². The van der Waals surface area contributed by atoms with Crippen LogP contribution >= 0.6 is 0 Å². The van der Waals surface area contributed by atoms with Gasteiger partial charge in [0.2, 0.25) is 0 Å². The summed E-state index contributed by atoms with van der Waals surface area (Å²) in [7, 11) is 0. The largest absolute Gasteiger partial charge is 0.459 e. The van der Waals surface area contributed by atoms with E-state index in [9.17, 15) is 9.59 Å². The molecule has 0 radical (unpaired) electrons. The van der Waals surface area contributed by atoms with Crippen molar-refractivity contribution in [3.63, 3.8) is 0 Å². The molecule has 0 heterocycles. The van der Waals surface area contributed by atoms with Gasteiger partial charge in [-0.2, -0.15) is 0 Å². The van der Waals surface area contributed by atoms with E-state index in [1.54, 1.807) is 0 Å². The lowest BCUT2D eigenvalue weighted by atomic mass is 10.1. The van der Waals surface area contributed by atoms with Crippen molar-refractivity contribution in [3.05, 3.63) is 0 Å². The summed E-state index contributed by atoms with van der Waals surface area (Å²) in [5.74, 6) is -1.34. The summed E-state index contributed by atoms with van der Waals surface area (Å²) in [6.45, 7) is 6.69. The standard InChI is InChI=1S/C20H39NO3/c1-4-6-8-10-11-12-13-15-17-24-20(23)19(22)21-18(3)16-14-9-7-5-2/h18H,4-17H2,1-3H3,(H,21,22). The monoisotopic (exact) mass is 341 g/mol. The van der Waals surface area contributed by atoms with Crippen molar-refractivity contribution >= 4 is 11.9 Å². The van der Waals surface area contributed by atoms with Gasteiger partial charge < -0.3 is 10.1 Å². The highest BCUT2D eigenvalue weighted by Gasteiger charge is 2.17. The van der Waals surface area contributed by atoms with Crippen molar-refractivity contribution < 1.29 is 14.3 Å². The average molecular weight is 342 g/mol. The zero-order valence-corrected chi connectivity index (χ0v) is 16.2. The average Bonchev–Trinajstić information content (AvgIpc) is 2.57. The van der Waals surface area contributed by atoms with E-state index in [4.69, 9.17) is 4.74 Å². The molecule has 1 unspecified atom stereocenters. The molecular formula is C20H39NO3. The molecule has 1 amide bonds. The first-order valence-corrected chi connectivity index (χ1v) is 10.1. The highest BCUT2D eigenvalue weighted by molar-refractivity contribution is 6.32. The number of ether oxygens (including phenoxy) is 1. The molecular weight excluding hydrogens is 302 g/mol. The third-order valence-electron chi connectivity index (χ3n) is 4.28. The number of rotatable bonds is 15. The van der Waals surface area contributed by atoms with Gasteiger partial charge in [-0.1, -0.05) is 84.5 Å². The maximum absolute atomic E-state index is 11.7. The van der Waals surface area contributed by atoms with Crippen molar-refractivity contribution in [2.45, 2.75) is 110 Å². The van der Waals surface area contributed by atoms with Gasteiger partial charge in [0, 0.05) is 6.04 Å². The minimum atomic E-state index is -0.738. The molecule has 0 bridgehead atoms. The Kier molecular flexibility index (Phi) is 16.0. The lowest BCUT2D eigenvalue weighted by molar-refractivity contribution is -0.155. The molecule has 24 heavy (non-hydrogen) atoms. The first-order valence-electron chi connectivity index (χ1n) is 10.1. The number of hydrogen-bond acceptors (Lipinski definition) is 3. The number of unbranched alkanes of at least 4 members (excludes halogenated alkanes) is 10. The topological polar surface area (TPSA) is 55.4 Å². The summed E-state index contributed by atoms with van der Waals surface area (Å²) < 4.78 is 5.04. The van der Waals surface area contributed by atoms with E-state index in [-0.39, 0.29) is 6.04 Å². The normalized spacial score (nSPS) is 12.0. The highest BCUT2D eigenvalue weighted by Crippen LogP contribution is 2.08. The van der Waals surface area contributed by atoms with Crippen LogP contribution in [0, 0.1) is 0 Å². The maximum Gasteiger partial charge on any atom is 0.396 e. The minimum absolute atomic E-state index is 0.0324. The molecule has 4 nitrogen and oxygen atoms in total. The van der Waals surface area contributed by atoms with Crippen molar-refractivity contribution in [1.82, 2.24) is 5.32 Å². The van der Waals surface area contributed by atoms with Crippen molar-refractivity contribution in [2.24, 2.45) is 0 Å². The van der Waals surface area contributed by atoms with Crippen LogP contribution in [-0.2, 0) is 14.3 Å². The third kappa shape index (κ3) is 14.5. The predicted molar refractivity (Wildman–Crippen MR) is 99.9 cm³/mol. The Bertz CT molecular complexity index is 318. The van der Waals surface area contributed by atoms with E-state index in [2.05, 4.69) is 19.2 Å². The van der Waals surface area contributed by atoms with Crippen LogP contribution in [-0.4, -0.2) is 24.5 Å². The van der Waals surface area contributed by atoms with Crippen LogP contribution in [0.25, 0.3) is 0 Å². The van der Waals surface area contributed by atoms with Gasteiger partial charge in [-0.25, -0.2) is 4.79 Å². The van der Waals surface area contributed by atoms with E-state index < -0.39 is 11.9 Å². The predicted octanol–water partition coefficient (Wildman–Crippen LogP) is 5.15. The molecule has 0 rings (SSSR count). The Morgan fingerprint density at radius 2 is 1.29 bits per heavy atom. The second-order valence-corrected chi connectivity index (χ2v) is 6.83. The summed E-state index contributed by atoms with van der Waals surface area (Å²) in [5.41, 5.74) is 0. The molecule has 1 N–H and O–H groups in total. The molecule has 1 atom stereocenters. The second kappa shape index (κ2) is 16.8. The van der Waals surface area contributed by atoms with Crippen LogP contribution in [0.2, 0.25) is 0 Å². The van der Waals surface area contributed by atoms with Crippen LogP contribution in [0.3, 0.4) is 0 Å². The Morgan fingerprint density at radius 1 is 0.792 bits per heavy atom. The van der Waals surface area contributed by atoms with Crippen LogP contribution in [0.15, 0.2) is 0 Å². The summed E-state index contributed by atoms with van der Waals surface area (Å²) >= 11 is 0. The van der Waals surface area contributed by atoms with Gasteiger partial charge in [0.15, 0.2) is 0 Å². The fourth-order valence-corrected chi connectivity index (χ4v) is 2.70. The SMILES string of the molecule is CCCCCCCCCCOC(=O)C(=O)NC(C)CCCCCC. The van der Waals surface area contributed by atoms with Gasteiger partial charge in [-0.15, -0.1) is 0 Å². The molecule has 0 aliphatic carbocycles. The zero-order valence-electron chi connectivity index (χ0n) is 16.2. The molecule has 0 aliphatic rings. The molecule has 0 aliphatic heterocycles. The Morgan fingerprint density at radius 3 is 1.88 bits per heavy atom. The highest BCUT2D eigenvalue weighted by atomic mass is 16.5. The van der Waals surface area contributed by atoms with Crippen molar-refractivity contribution in [1.29, 1.82) is 0 Å². The summed E-state index contributed by atoms with van der Waals surface area (Å²) in [5, 5.41) is 2.72. The lowest BCUT2D eigenvalue weighted by Gasteiger charge is -2.13. The van der Waals surface area contributed by atoms with Crippen LogP contribution in [0.5, 0.6) is 0 Å². The fourth-order valence-electron chi connectivity index (χ4n) is 2.70. The first-order chi connectivity index (χ1) is 11.6. The number of carbonyl (C=O) groups excluding carboxylic acids is 2. The van der Waals surface area contributed by atoms with Crippen LogP contribution < -0.4 is 5.32 Å². The first kappa shape index (κ1) is 22.9. The number of nitrogens with one attached hydrogen (secondary N) is 1. The van der Waals surface area contributed by atoms with E-state index in [1.165, 1.54) is 57.8 Å². The summed E-state index contributed by atoms with van der Waals surface area (Å²) in [6, 6.07) is 0.0324. The van der Waals surface area contributed by atoms with Gasteiger partial charge in [0.25, 0.3) is 0 Å². The molecule has 0 spiro atoms. The maximum atomic E-state index is 11.7. The molecule has 0 aromatic rings. The molecule has 0 fully saturated rings. The van der Waals surface area contributed by atoms with Crippen molar-refractivity contribution in [2.75, 3.05) is 6.61 Å². The van der Waals surface area contributed by atoms with Gasteiger partial charge in [-0.05, 0) is 19.8 Å². The Hall–Kier alpha value is -1.06. The molecule has 0 saturated heterocycles. The summed E-state index contributed by atoms with van der Waals surface area (Å²) in [4.78, 5) is 23.4. The number of amides is 1. The number of carbonyl (C=O) groups is 2. The second-order valence-electron chi connectivity index (χ2n) is 6.83. The van der Waals surface area contributed by atoms with Gasteiger partial charge in [0.05, 0.1) is 6.61 Å². The van der Waals surface area contributed by atoms with Gasteiger partial charge >= 0.3 is 11.9 Å². The van der Waals surface area contributed by atoms with Gasteiger partial charge in [0.1, 0.15) is 0 Å². The molecule has 0 aromatic carbocycles. The lowest BCUT2D eigenvalue weighted by Crippen LogP contribution is -2.38. The summed E-state index contributed by atoms with van der Waals surface area (Å²) in [6.07, 6.45) is 15.2. The Labute approximate surface area is 149 Å². The van der Waals surface area contributed by atoms with Gasteiger partial charge in [-0.3, -0.25) is 4.79 Å². The Balaban J connectivity index is 3.53. The smallest absolute Gasteiger partial charge is 0.396 e. The fraction of sp³-hybridized carbons (Fsp3) is 0.900. The quantitative estimate of drug-likeness (QED) is 0.255. The molecule has 142 valence electrons. The minimum Gasteiger partial charge on any atom is -0.459 e. The molecule has 4 heteroatoms. The van der Waals surface area contributed by atoms with E-state index in [0.717, 1.165) is 25.7 Å².